The van der Waals surface area contributed by atoms with Crippen LogP contribution >= 0.6 is 23.2 Å². The van der Waals surface area contributed by atoms with Crippen LogP contribution in [0.4, 0.5) is 0 Å². The third-order valence-corrected chi connectivity index (χ3v) is 3.01. The van der Waals surface area contributed by atoms with Crippen LogP contribution in [0.5, 0.6) is 0 Å². The molecule has 0 fully saturated rings. The molecule has 13 heavy (non-hydrogen) atoms. The van der Waals surface area contributed by atoms with E-state index in [2.05, 4.69) is 20.8 Å². The van der Waals surface area contributed by atoms with Gasteiger partial charge in [-0.15, -0.1) is 23.2 Å². The first-order valence-electron chi connectivity index (χ1n) is 5.35. The fraction of sp³-hybridized carbons (Fsp3) is 1.00. The second-order valence-electron chi connectivity index (χ2n) is 4.11. The summed E-state index contributed by atoms with van der Waals surface area (Å²) in [6.07, 6.45) is 6.67. The molecule has 0 spiro atoms. The normalized spacial score (nSPS) is 18.2. The van der Waals surface area contributed by atoms with E-state index in [1.165, 1.54) is 12.8 Å². The fourth-order valence-electron chi connectivity index (χ4n) is 1.61. The summed E-state index contributed by atoms with van der Waals surface area (Å²) in [4.78, 5) is -0.0884. The summed E-state index contributed by atoms with van der Waals surface area (Å²) in [5.74, 6) is 0. The Morgan fingerprint density at radius 2 is 1.85 bits per heavy atom. The second-order valence-corrected chi connectivity index (χ2v) is 5.64. The van der Waals surface area contributed by atoms with E-state index in [1.807, 2.05) is 0 Å². The Kier molecular flexibility index (Phi) is 7.26. The molecule has 0 bridgehead atoms. The van der Waals surface area contributed by atoms with Gasteiger partial charge >= 0.3 is 0 Å². The summed E-state index contributed by atoms with van der Waals surface area (Å²) in [6.45, 7) is 6.45. The van der Waals surface area contributed by atoms with Gasteiger partial charge in [0.25, 0.3) is 0 Å². The van der Waals surface area contributed by atoms with Gasteiger partial charge in [-0.3, -0.25) is 0 Å². The van der Waals surface area contributed by atoms with E-state index >= 15 is 0 Å². The highest BCUT2D eigenvalue weighted by Gasteiger charge is 2.23. The first-order chi connectivity index (χ1) is 6.02. The minimum absolute atomic E-state index is 0.0884. The molecule has 2 heteroatoms. The van der Waals surface area contributed by atoms with Crippen LogP contribution in [0, 0.1) is 0 Å². The number of unbranched alkanes of at least 4 members (excludes halogenated alkanes) is 1. The highest BCUT2D eigenvalue weighted by molar-refractivity contribution is 6.25. The van der Waals surface area contributed by atoms with Crippen molar-refractivity contribution >= 4 is 23.2 Å². The molecule has 0 rings (SSSR count). The average Bonchev–Trinajstić information content (AvgIpc) is 1.99. The van der Waals surface area contributed by atoms with Crippen molar-refractivity contribution in [3.05, 3.63) is 0 Å². The minimum Gasteiger partial charge on any atom is -0.123 e. The molecular formula is C11H22Cl2. The van der Waals surface area contributed by atoms with Crippen LogP contribution in [-0.4, -0.2) is 10.3 Å². The molecule has 2 unspecified atom stereocenters. The van der Waals surface area contributed by atoms with E-state index in [0.29, 0.717) is 0 Å². The highest BCUT2D eigenvalue weighted by atomic mass is 35.5. The summed E-state index contributed by atoms with van der Waals surface area (Å²) in [6, 6.07) is 0. The molecule has 0 saturated carbocycles. The summed E-state index contributed by atoms with van der Waals surface area (Å²) in [7, 11) is 0. The minimum atomic E-state index is -0.0884. The van der Waals surface area contributed by atoms with Gasteiger partial charge in [-0.1, -0.05) is 33.1 Å². The number of hydrogen-bond acceptors (Lipinski definition) is 0. The maximum atomic E-state index is 6.33. The van der Waals surface area contributed by atoms with Crippen molar-refractivity contribution in [3.8, 4) is 0 Å². The van der Waals surface area contributed by atoms with Crippen LogP contribution < -0.4 is 0 Å². The maximum Gasteiger partial charge on any atom is 0.0432 e. The zero-order valence-corrected chi connectivity index (χ0v) is 10.6. The Balaban J connectivity index is 3.68. The smallest absolute Gasteiger partial charge is 0.0432 e. The van der Waals surface area contributed by atoms with E-state index in [-0.39, 0.29) is 10.3 Å². The largest absolute Gasteiger partial charge is 0.123 e. The Labute approximate surface area is 93.0 Å². The van der Waals surface area contributed by atoms with E-state index < -0.39 is 0 Å². The van der Waals surface area contributed by atoms with E-state index in [4.69, 9.17) is 23.2 Å². The lowest BCUT2D eigenvalue weighted by atomic mass is 9.97. The topological polar surface area (TPSA) is 0 Å². The van der Waals surface area contributed by atoms with E-state index in [0.717, 1.165) is 25.7 Å². The molecule has 0 heterocycles. The van der Waals surface area contributed by atoms with Gasteiger partial charge < -0.3 is 0 Å². The van der Waals surface area contributed by atoms with Crippen LogP contribution in [0.2, 0.25) is 0 Å². The Bertz CT molecular complexity index is 121. The lowest BCUT2D eigenvalue weighted by Crippen LogP contribution is -2.21. The molecule has 0 aromatic rings. The van der Waals surface area contributed by atoms with Crippen molar-refractivity contribution < 1.29 is 0 Å². The predicted molar refractivity (Wildman–Crippen MR) is 62.9 cm³/mol. The van der Waals surface area contributed by atoms with Crippen LogP contribution in [0.15, 0.2) is 0 Å². The Morgan fingerprint density at radius 1 is 1.23 bits per heavy atom. The fourth-order valence-corrected chi connectivity index (χ4v) is 2.56. The van der Waals surface area contributed by atoms with Gasteiger partial charge in [0.05, 0.1) is 0 Å². The van der Waals surface area contributed by atoms with E-state index in [1.54, 1.807) is 0 Å². The summed E-state index contributed by atoms with van der Waals surface area (Å²) < 4.78 is 0. The van der Waals surface area contributed by atoms with Gasteiger partial charge in [-0.25, -0.2) is 0 Å². The Hall–Kier alpha value is 0.580. The lowest BCUT2D eigenvalue weighted by molar-refractivity contribution is 0.492. The van der Waals surface area contributed by atoms with Gasteiger partial charge in [0.15, 0.2) is 0 Å². The third kappa shape index (κ3) is 7.64. The second kappa shape index (κ2) is 6.95. The van der Waals surface area contributed by atoms with E-state index in [9.17, 15) is 0 Å². The lowest BCUT2D eigenvalue weighted by Gasteiger charge is -2.24. The molecular weight excluding hydrogens is 203 g/mol. The molecule has 0 N–H and O–H groups in total. The number of rotatable bonds is 7. The molecule has 2 atom stereocenters. The van der Waals surface area contributed by atoms with Gasteiger partial charge in [-0.05, 0) is 26.2 Å². The molecule has 0 saturated heterocycles. The van der Waals surface area contributed by atoms with Crippen molar-refractivity contribution in [1.29, 1.82) is 0 Å². The zero-order valence-electron chi connectivity index (χ0n) is 9.08. The van der Waals surface area contributed by atoms with Crippen LogP contribution in [-0.2, 0) is 0 Å². The molecule has 0 aliphatic rings. The van der Waals surface area contributed by atoms with Crippen LogP contribution in [0.1, 0.15) is 59.3 Å². The molecule has 0 aliphatic carbocycles. The zero-order chi connectivity index (χ0) is 10.3. The van der Waals surface area contributed by atoms with Crippen LogP contribution in [0.3, 0.4) is 0 Å². The number of halogens is 2. The molecule has 0 nitrogen and oxygen atoms in total. The monoisotopic (exact) mass is 224 g/mol. The number of hydrogen-bond donors (Lipinski definition) is 0. The van der Waals surface area contributed by atoms with Gasteiger partial charge in [0, 0.05) is 10.3 Å². The molecule has 0 aliphatic heterocycles. The van der Waals surface area contributed by atoms with Gasteiger partial charge in [0.2, 0.25) is 0 Å². The third-order valence-electron chi connectivity index (χ3n) is 2.29. The van der Waals surface area contributed by atoms with Gasteiger partial charge in [-0.2, -0.15) is 0 Å². The van der Waals surface area contributed by atoms with Crippen LogP contribution in [0.25, 0.3) is 0 Å². The van der Waals surface area contributed by atoms with Crippen molar-refractivity contribution in [2.45, 2.75) is 69.5 Å². The van der Waals surface area contributed by atoms with Crippen molar-refractivity contribution in [3.63, 3.8) is 0 Å². The predicted octanol–water partition coefficient (Wildman–Crippen LogP) is 4.97. The summed E-state index contributed by atoms with van der Waals surface area (Å²) in [5.41, 5.74) is 0. The van der Waals surface area contributed by atoms with Crippen molar-refractivity contribution in [2.24, 2.45) is 0 Å². The highest BCUT2D eigenvalue weighted by Crippen LogP contribution is 2.30. The number of alkyl halides is 2. The molecule has 0 aromatic carbocycles. The maximum absolute atomic E-state index is 6.33. The standard InChI is InChI=1S/C11H22Cl2/c1-4-6-7-10(12)9-11(3,13)8-5-2/h10H,4-9H2,1-3H3. The van der Waals surface area contributed by atoms with Crippen molar-refractivity contribution in [2.75, 3.05) is 0 Å². The van der Waals surface area contributed by atoms with Crippen molar-refractivity contribution in [1.82, 2.24) is 0 Å². The molecule has 0 radical (unpaired) electrons. The summed E-state index contributed by atoms with van der Waals surface area (Å²) in [5, 5.41) is 0.258. The first-order valence-corrected chi connectivity index (χ1v) is 6.16. The summed E-state index contributed by atoms with van der Waals surface area (Å²) >= 11 is 12.5. The quantitative estimate of drug-likeness (QED) is 0.536. The average molecular weight is 225 g/mol. The first kappa shape index (κ1) is 13.6. The van der Waals surface area contributed by atoms with Gasteiger partial charge in [0.1, 0.15) is 0 Å². The Morgan fingerprint density at radius 3 is 2.31 bits per heavy atom. The molecule has 80 valence electrons. The molecule has 0 amide bonds. The SMILES string of the molecule is CCCCC(Cl)CC(C)(Cl)CCC. The molecule has 0 aromatic heterocycles.